The summed E-state index contributed by atoms with van der Waals surface area (Å²) in [5, 5.41) is 3.05. The van der Waals surface area contributed by atoms with Gasteiger partial charge in [-0.15, -0.1) is 0 Å². The lowest BCUT2D eigenvalue weighted by Gasteiger charge is -2.11. The van der Waals surface area contributed by atoms with E-state index in [-0.39, 0.29) is 0 Å². The van der Waals surface area contributed by atoms with Crippen LogP contribution in [-0.4, -0.2) is 20.8 Å². The van der Waals surface area contributed by atoms with Crippen LogP contribution in [0.3, 0.4) is 0 Å². The molecule has 0 amide bonds. The molecule has 3 heteroatoms. The molecular formula is C11H17NO2. The molecule has 0 aliphatic heterocycles. The molecule has 0 bridgehead atoms. The molecule has 0 aliphatic carbocycles. The molecule has 0 heterocycles. The molecule has 0 spiro atoms. The zero-order chi connectivity index (χ0) is 10.4. The van der Waals surface area contributed by atoms with Crippen molar-refractivity contribution in [3.8, 4) is 11.5 Å². The van der Waals surface area contributed by atoms with E-state index in [1.807, 2.05) is 25.2 Å². The molecule has 3 nitrogen and oxygen atoms in total. The van der Waals surface area contributed by atoms with Gasteiger partial charge in [-0.2, -0.15) is 0 Å². The first-order valence-electron chi connectivity index (χ1n) is 4.80. The Morgan fingerprint density at radius 1 is 1.29 bits per heavy atom. The van der Waals surface area contributed by atoms with E-state index in [4.69, 9.17) is 9.47 Å². The van der Waals surface area contributed by atoms with Gasteiger partial charge in [-0.1, -0.05) is 6.92 Å². The van der Waals surface area contributed by atoms with E-state index in [9.17, 15) is 0 Å². The molecule has 0 fully saturated rings. The molecule has 0 aromatic heterocycles. The second-order valence-electron chi connectivity index (χ2n) is 2.96. The first kappa shape index (κ1) is 10.7. The van der Waals surface area contributed by atoms with E-state index in [0.29, 0.717) is 0 Å². The van der Waals surface area contributed by atoms with Gasteiger partial charge in [0.15, 0.2) is 11.5 Å². The first-order chi connectivity index (χ1) is 6.81. The molecule has 1 aromatic rings. The zero-order valence-corrected chi connectivity index (χ0v) is 8.96. The Hall–Kier alpha value is -1.38. The van der Waals surface area contributed by atoms with Crippen molar-refractivity contribution in [1.29, 1.82) is 0 Å². The molecule has 78 valence electrons. The second kappa shape index (κ2) is 5.37. The summed E-state index contributed by atoms with van der Waals surface area (Å²) in [6.45, 7) is 2.80. The van der Waals surface area contributed by atoms with Gasteiger partial charge < -0.3 is 14.8 Å². The van der Waals surface area contributed by atoms with E-state index in [0.717, 1.165) is 30.2 Å². The predicted molar refractivity (Wildman–Crippen MR) is 58.3 cm³/mol. The summed E-state index contributed by atoms with van der Waals surface area (Å²) in [5.74, 6) is 1.57. The third-order valence-corrected chi connectivity index (χ3v) is 1.91. The molecule has 0 unspecified atom stereocenters. The molecule has 0 saturated heterocycles. The van der Waals surface area contributed by atoms with Crippen molar-refractivity contribution >= 4 is 5.69 Å². The van der Waals surface area contributed by atoms with Gasteiger partial charge in [0.25, 0.3) is 0 Å². The molecule has 14 heavy (non-hydrogen) atoms. The Kier molecular flexibility index (Phi) is 4.11. The minimum atomic E-state index is 0.718. The van der Waals surface area contributed by atoms with Gasteiger partial charge in [0.2, 0.25) is 0 Å². The van der Waals surface area contributed by atoms with Gasteiger partial charge in [0.1, 0.15) is 0 Å². The van der Waals surface area contributed by atoms with Gasteiger partial charge in [-0.25, -0.2) is 0 Å². The number of methoxy groups -OCH3 is 1. The molecule has 1 aromatic carbocycles. The highest BCUT2D eigenvalue weighted by Crippen LogP contribution is 2.29. The molecular weight excluding hydrogens is 178 g/mol. The highest BCUT2D eigenvalue weighted by Gasteiger charge is 2.03. The van der Waals surface area contributed by atoms with Crippen molar-refractivity contribution in [3.05, 3.63) is 18.2 Å². The number of rotatable bonds is 5. The van der Waals surface area contributed by atoms with Crippen LogP contribution in [0.2, 0.25) is 0 Å². The molecule has 0 radical (unpaired) electrons. The van der Waals surface area contributed by atoms with Gasteiger partial charge >= 0.3 is 0 Å². The highest BCUT2D eigenvalue weighted by molar-refractivity contribution is 5.54. The summed E-state index contributed by atoms with van der Waals surface area (Å²) in [7, 11) is 3.52. The smallest absolute Gasteiger partial charge is 0.162 e. The van der Waals surface area contributed by atoms with Crippen molar-refractivity contribution < 1.29 is 9.47 Å². The van der Waals surface area contributed by atoms with Crippen LogP contribution in [0, 0.1) is 0 Å². The predicted octanol–water partition coefficient (Wildman–Crippen LogP) is 2.53. The van der Waals surface area contributed by atoms with Crippen LogP contribution < -0.4 is 14.8 Å². The average Bonchev–Trinajstić information content (AvgIpc) is 2.26. The lowest BCUT2D eigenvalue weighted by molar-refractivity contribution is 0.294. The zero-order valence-electron chi connectivity index (χ0n) is 8.96. The number of hydrogen-bond donors (Lipinski definition) is 1. The van der Waals surface area contributed by atoms with Gasteiger partial charge in [0.05, 0.1) is 13.7 Å². The molecule has 0 atom stereocenters. The summed E-state index contributed by atoms with van der Waals surface area (Å²) >= 11 is 0. The van der Waals surface area contributed by atoms with Crippen molar-refractivity contribution in [2.45, 2.75) is 13.3 Å². The molecule has 1 rings (SSSR count). The maximum absolute atomic E-state index is 5.52. The van der Waals surface area contributed by atoms with Gasteiger partial charge in [-0.05, 0) is 18.6 Å². The Morgan fingerprint density at radius 2 is 2.07 bits per heavy atom. The van der Waals surface area contributed by atoms with Crippen molar-refractivity contribution in [3.63, 3.8) is 0 Å². The van der Waals surface area contributed by atoms with Crippen LogP contribution >= 0.6 is 0 Å². The van der Waals surface area contributed by atoms with E-state index in [1.54, 1.807) is 7.11 Å². The fourth-order valence-corrected chi connectivity index (χ4v) is 1.15. The summed E-state index contributed by atoms with van der Waals surface area (Å²) in [6, 6.07) is 5.80. The number of anilines is 1. The fraction of sp³-hybridized carbons (Fsp3) is 0.455. The summed E-state index contributed by atoms with van der Waals surface area (Å²) in [4.78, 5) is 0. The Labute approximate surface area is 85.0 Å². The quantitative estimate of drug-likeness (QED) is 0.783. The minimum Gasteiger partial charge on any atom is -0.493 e. The van der Waals surface area contributed by atoms with Crippen LogP contribution in [0.25, 0.3) is 0 Å². The van der Waals surface area contributed by atoms with E-state index >= 15 is 0 Å². The van der Waals surface area contributed by atoms with Gasteiger partial charge in [0, 0.05) is 18.8 Å². The summed E-state index contributed by atoms with van der Waals surface area (Å²) < 4.78 is 10.7. The normalized spacial score (nSPS) is 9.64. The maximum Gasteiger partial charge on any atom is 0.162 e. The van der Waals surface area contributed by atoms with Gasteiger partial charge in [-0.3, -0.25) is 0 Å². The van der Waals surface area contributed by atoms with E-state index < -0.39 is 0 Å². The van der Waals surface area contributed by atoms with Crippen LogP contribution in [0.4, 0.5) is 5.69 Å². The largest absolute Gasteiger partial charge is 0.493 e. The van der Waals surface area contributed by atoms with Crippen LogP contribution in [0.1, 0.15) is 13.3 Å². The number of nitrogens with one attached hydrogen (secondary N) is 1. The van der Waals surface area contributed by atoms with Crippen molar-refractivity contribution in [2.24, 2.45) is 0 Å². The third kappa shape index (κ3) is 2.55. The molecule has 1 N–H and O–H groups in total. The Balaban J connectivity index is 2.82. The Bertz CT molecular complexity index is 287. The van der Waals surface area contributed by atoms with Crippen LogP contribution in [-0.2, 0) is 0 Å². The highest BCUT2D eigenvalue weighted by atomic mass is 16.5. The molecule has 0 saturated carbocycles. The second-order valence-corrected chi connectivity index (χ2v) is 2.96. The van der Waals surface area contributed by atoms with Crippen molar-refractivity contribution in [1.82, 2.24) is 0 Å². The maximum atomic E-state index is 5.52. The summed E-state index contributed by atoms with van der Waals surface area (Å²) in [5.41, 5.74) is 1.02. The van der Waals surface area contributed by atoms with Crippen molar-refractivity contribution in [2.75, 3.05) is 26.1 Å². The Morgan fingerprint density at radius 3 is 2.64 bits per heavy atom. The lowest BCUT2D eigenvalue weighted by Crippen LogP contribution is -1.98. The third-order valence-electron chi connectivity index (χ3n) is 1.91. The number of hydrogen-bond acceptors (Lipinski definition) is 3. The number of ether oxygens (including phenoxy) is 2. The number of benzene rings is 1. The van der Waals surface area contributed by atoms with E-state index in [2.05, 4.69) is 12.2 Å². The fourth-order valence-electron chi connectivity index (χ4n) is 1.15. The molecule has 0 aliphatic rings. The minimum absolute atomic E-state index is 0.718. The first-order valence-corrected chi connectivity index (χ1v) is 4.80. The average molecular weight is 195 g/mol. The monoisotopic (exact) mass is 195 g/mol. The van der Waals surface area contributed by atoms with Crippen LogP contribution in [0.15, 0.2) is 18.2 Å². The van der Waals surface area contributed by atoms with Crippen LogP contribution in [0.5, 0.6) is 11.5 Å². The SMILES string of the molecule is CCCOc1ccc(NC)cc1OC. The summed E-state index contributed by atoms with van der Waals surface area (Å²) in [6.07, 6.45) is 0.997. The van der Waals surface area contributed by atoms with E-state index in [1.165, 1.54) is 0 Å². The lowest BCUT2D eigenvalue weighted by atomic mass is 10.3. The topological polar surface area (TPSA) is 30.5 Å². The standard InChI is InChI=1S/C11H17NO2/c1-4-7-14-10-6-5-9(12-2)8-11(10)13-3/h5-6,8,12H,4,7H2,1-3H3.